The Hall–Kier alpha value is -1.53. The summed E-state index contributed by atoms with van der Waals surface area (Å²) in [5, 5.41) is 0. The van der Waals surface area contributed by atoms with Crippen molar-refractivity contribution in [1.82, 2.24) is 0 Å². The first-order valence-electron chi connectivity index (χ1n) is 6.09. The van der Waals surface area contributed by atoms with Crippen LogP contribution in [0.4, 0.5) is 13.2 Å². The van der Waals surface area contributed by atoms with E-state index in [-0.39, 0.29) is 5.56 Å². The number of methoxy groups -OCH3 is 1. The molecular weight excluding hydrogens is 347 g/mol. The standard InChI is InChI=1S/C15H13BrF3NO/c1-21-9-6-7-11(13(16)8-9)14(20)10-4-2-3-5-12(10)15(17,18)19/h2-8,14H,20H2,1H3. The lowest BCUT2D eigenvalue weighted by atomic mass is 9.95. The summed E-state index contributed by atoms with van der Waals surface area (Å²) in [5.74, 6) is 0.599. The van der Waals surface area contributed by atoms with Crippen LogP contribution < -0.4 is 10.5 Å². The molecule has 0 saturated heterocycles. The summed E-state index contributed by atoms with van der Waals surface area (Å²) in [5.41, 5.74) is 5.91. The first kappa shape index (κ1) is 15.9. The van der Waals surface area contributed by atoms with Crippen molar-refractivity contribution in [1.29, 1.82) is 0 Å². The fraction of sp³-hybridized carbons (Fsp3) is 0.200. The second kappa shape index (κ2) is 6.07. The van der Waals surface area contributed by atoms with E-state index in [9.17, 15) is 13.2 Å². The van der Waals surface area contributed by atoms with Crippen molar-refractivity contribution in [3.05, 3.63) is 63.6 Å². The van der Waals surface area contributed by atoms with Gasteiger partial charge in [-0.3, -0.25) is 0 Å². The van der Waals surface area contributed by atoms with Crippen molar-refractivity contribution in [2.24, 2.45) is 5.73 Å². The fourth-order valence-corrected chi connectivity index (χ4v) is 2.69. The Morgan fingerprint density at radius 1 is 1.10 bits per heavy atom. The molecule has 2 rings (SSSR count). The number of rotatable bonds is 3. The lowest BCUT2D eigenvalue weighted by Crippen LogP contribution is -2.18. The Labute approximate surface area is 128 Å². The fourth-order valence-electron chi connectivity index (χ4n) is 2.08. The van der Waals surface area contributed by atoms with Crippen LogP contribution in [0.5, 0.6) is 5.75 Å². The molecule has 1 unspecified atom stereocenters. The van der Waals surface area contributed by atoms with E-state index in [1.54, 1.807) is 24.3 Å². The summed E-state index contributed by atoms with van der Waals surface area (Å²) in [4.78, 5) is 0. The molecule has 0 heterocycles. The molecule has 0 spiro atoms. The zero-order valence-corrected chi connectivity index (χ0v) is 12.7. The van der Waals surface area contributed by atoms with Crippen LogP contribution >= 0.6 is 15.9 Å². The normalized spacial score (nSPS) is 13.0. The minimum atomic E-state index is -4.44. The quantitative estimate of drug-likeness (QED) is 0.873. The van der Waals surface area contributed by atoms with Crippen LogP contribution in [0, 0.1) is 0 Å². The van der Waals surface area contributed by atoms with Crippen molar-refractivity contribution >= 4 is 15.9 Å². The Morgan fingerprint density at radius 2 is 1.76 bits per heavy atom. The van der Waals surface area contributed by atoms with Gasteiger partial charge in [0, 0.05) is 4.47 Å². The van der Waals surface area contributed by atoms with Crippen molar-refractivity contribution in [3.8, 4) is 5.75 Å². The highest BCUT2D eigenvalue weighted by Gasteiger charge is 2.34. The topological polar surface area (TPSA) is 35.2 Å². The van der Waals surface area contributed by atoms with Gasteiger partial charge in [0.2, 0.25) is 0 Å². The summed E-state index contributed by atoms with van der Waals surface area (Å²) in [6.45, 7) is 0. The van der Waals surface area contributed by atoms with E-state index in [4.69, 9.17) is 10.5 Å². The summed E-state index contributed by atoms with van der Waals surface area (Å²) in [6.07, 6.45) is -4.44. The molecule has 0 bridgehead atoms. The number of halogens is 4. The van der Waals surface area contributed by atoms with E-state index >= 15 is 0 Å². The average Bonchev–Trinajstić information content (AvgIpc) is 2.45. The molecule has 2 nitrogen and oxygen atoms in total. The van der Waals surface area contributed by atoms with Crippen molar-refractivity contribution < 1.29 is 17.9 Å². The van der Waals surface area contributed by atoms with Gasteiger partial charge in [-0.1, -0.05) is 40.2 Å². The summed E-state index contributed by atoms with van der Waals surface area (Å²) in [7, 11) is 1.51. The molecule has 0 aromatic heterocycles. The van der Waals surface area contributed by atoms with Gasteiger partial charge in [0.05, 0.1) is 18.7 Å². The smallest absolute Gasteiger partial charge is 0.416 e. The zero-order valence-electron chi connectivity index (χ0n) is 11.1. The molecule has 0 fully saturated rings. The van der Waals surface area contributed by atoms with Crippen LogP contribution in [0.3, 0.4) is 0 Å². The van der Waals surface area contributed by atoms with Crippen LogP contribution in [0.2, 0.25) is 0 Å². The van der Waals surface area contributed by atoms with Crippen LogP contribution in [-0.4, -0.2) is 7.11 Å². The van der Waals surface area contributed by atoms with Crippen molar-refractivity contribution in [2.75, 3.05) is 7.11 Å². The molecule has 0 aliphatic heterocycles. The van der Waals surface area contributed by atoms with Crippen molar-refractivity contribution in [3.63, 3.8) is 0 Å². The number of hydrogen-bond donors (Lipinski definition) is 1. The second-order valence-electron chi connectivity index (χ2n) is 4.45. The number of alkyl halides is 3. The third-order valence-corrected chi connectivity index (χ3v) is 3.83. The highest BCUT2D eigenvalue weighted by atomic mass is 79.9. The van der Waals surface area contributed by atoms with Gasteiger partial charge in [0.1, 0.15) is 5.75 Å². The van der Waals surface area contributed by atoms with Crippen LogP contribution in [0.25, 0.3) is 0 Å². The first-order valence-corrected chi connectivity index (χ1v) is 6.89. The molecule has 2 aromatic rings. The Bertz CT molecular complexity index is 643. The van der Waals surface area contributed by atoms with Gasteiger partial charge >= 0.3 is 6.18 Å². The minimum Gasteiger partial charge on any atom is -0.497 e. The molecule has 0 radical (unpaired) electrons. The van der Waals surface area contributed by atoms with Gasteiger partial charge in [0.15, 0.2) is 0 Å². The van der Waals surface area contributed by atoms with Gasteiger partial charge in [-0.15, -0.1) is 0 Å². The zero-order chi connectivity index (χ0) is 15.6. The largest absolute Gasteiger partial charge is 0.497 e. The SMILES string of the molecule is COc1ccc(C(N)c2ccccc2C(F)(F)F)c(Br)c1. The lowest BCUT2D eigenvalue weighted by molar-refractivity contribution is -0.138. The molecular formula is C15H13BrF3NO. The Balaban J connectivity index is 2.48. The van der Waals surface area contributed by atoms with Crippen LogP contribution in [0.1, 0.15) is 22.7 Å². The van der Waals surface area contributed by atoms with E-state index in [1.165, 1.54) is 19.2 Å². The molecule has 2 aromatic carbocycles. The predicted molar refractivity (Wildman–Crippen MR) is 78.2 cm³/mol. The molecule has 0 saturated carbocycles. The highest BCUT2D eigenvalue weighted by Crippen LogP contribution is 2.37. The van der Waals surface area contributed by atoms with Gasteiger partial charge in [-0.25, -0.2) is 0 Å². The predicted octanol–water partition coefficient (Wildman–Crippen LogP) is 4.52. The lowest BCUT2D eigenvalue weighted by Gasteiger charge is -2.20. The maximum absolute atomic E-state index is 13.1. The first-order chi connectivity index (χ1) is 9.84. The van der Waals surface area contributed by atoms with Gasteiger partial charge < -0.3 is 10.5 Å². The molecule has 6 heteroatoms. The molecule has 0 aliphatic carbocycles. The van der Waals surface area contributed by atoms with Gasteiger partial charge in [0.25, 0.3) is 0 Å². The van der Waals surface area contributed by atoms with Crippen LogP contribution in [-0.2, 0) is 6.18 Å². The van der Waals surface area contributed by atoms with E-state index in [2.05, 4.69) is 15.9 Å². The number of benzene rings is 2. The third kappa shape index (κ3) is 3.39. The molecule has 2 N–H and O–H groups in total. The van der Waals surface area contributed by atoms with E-state index in [0.717, 1.165) is 6.07 Å². The molecule has 112 valence electrons. The van der Waals surface area contributed by atoms with Gasteiger partial charge in [-0.05, 0) is 29.3 Å². The van der Waals surface area contributed by atoms with E-state index in [1.807, 2.05) is 0 Å². The molecule has 0 aliphatic rings. The van der Waals surface area contributed by atoms with Crippen molar-refractivity contribution in [2.45, 2.75) is 12.2 Å². The van der Waals surface area contributed by atoms with E-state index < -0.39 is 17.8 Å². The molecule has 21 heavy (non-hydrogen) atoms. The third-order valence-electron chi connectivity index (χ3n) is 3.14. The van der Waals surface area contributed by atoms with Gasteiger partial charge in [-0.2, -0.15) is 13.2 Å². The highest BCUT2D eigenvalue weighted by molar-refractivity contribution is 9.10. The summed E-state index contributed by atoms with van der Waals surface area (Å²) < 4.78 is 44.8. The number of hydrogen-bond acceptors (Lipinski definition) is 2. The summed E-state index contributed by atoms with van der Waals surface area (Å²) >= 11 is 3.32. The Morgan fingerprint density at radius 3 is 2.33 bits per heavy atom. The second-order valence-corrected chi connectivity index (χ2v) is 5.30. The maximum atomic E-state index is 13.1. The molecule has 1 atom stereocenters. The molecule has 0 amide bonds. The van der Waals surface area contributed by atoms with Crippen LogP contribution in [0.15, 0.2) is 46.9 Å². The average molecular weight is 360 g/mol. The monoisotopic (exact) mass is 359 g/mol. The minimum absolute atomic E-state index is 0.0378. The summed E-state index contributed by atoms with van der Waals surface area (Å²) in [6, 6.07) is 9.42. The number of nitrogens with two attached hydrogens (primary N) is 1. The Kier molecular flexibility index (Phi) is 4.58. The van der Waals surface area contributed by atoms with E-state index in [0.29, 0.717) is 15.8 Å². The maximum Gasteiger partial charge on any atom is 0.416 e. The number of ether oxygens (including phenoxy) is 1.